The van der Waals surface area contributed by atoms with Crippen LogP contribution in [0, 0.1) is 9.49 Å². The first-order valence-corrected chi connectivity index (χ1v) is 8.58. The van der Waals surface area contributed by atoms with E-state index >= 15 is 0 Å². The van der Waals surface area contributed by atoms with E-state index in [1.807, 2.05) is 0 Å². The molecule has 114 valence electrons. The number of carbonyl (C=O) groups is 1. The minimum absolute atomic E-state index is 0.0323. The molecule has 21 heavy (non-hydrogen) atoms. The lowest BCUT2D eigenvalue weighted by molar-refractivity contribution is -0.0886. The minimum Gasteiger partial charge on any atom is -0.507 e. The first-order chi connectivity index (χ1) is 9.99. The predicted octanol–water partition coefficient (Wildman–Crippen LogP) is 2.76. The summed E-state index contributed by atoms with van der Waals surface area (Å²) < 4.78 is 0.930. The molecular weight excluding hydrogens is 381 g/mol. The van der Waals surface area contributed by atoms with Crippen molar-refractivity contribution in [3.05, 3.63) is 27.3 Å². The molecule has 0 aromatic heterocycles. The summed E-state index contributed by atoms with van der Waals surface area (Å²) in [6, 6.07) is 5.07. The second-order valence-corrected chi connectivity index (χ2v) is 7.45. The zero-order chi connectivity index (χ0) is 15.0. The highest BCUT2D eigenvalue weighted by molar-refractivity contribution is 14.1. The van der Waals surface area contributed by atoms with Crippen LogP contribution in [0.1, 0.15) is 42.5 Å². The number of aromatic hydroxyl groups is 1. The fraction of sp³-hybridized carbons (Fsp3) is 0.562. The van der Waals surface area contributed by atoms with Gasteiger partial charge in [-0.15, -0.1) is 0 Å². The number of nitrogens with zero attached hydrogens (tertiary/aromatic N) is 1. The quantitative estimate of drug-likeness (QED) is 0.712. The van der Waals surface area contributed by atoms with Gasteiger partial charge in [0.2, 0.25) is 0 Å². The topological polar surface area (TPSA) is 60.8 Å². The average molecular weight is 401 g/mol. The molecule has 5 heteroatoms. The number of fused-ring (bicyclic) bond motifs is 1. The van der Waals surface area contributed by atoms with Crippen molar-refractivity contribution < 1.29 is 15.0 Å². The van der Waals surface area contributed by atoms with Gasteiger partial charge in [0.1, 0.15) is 5.75 Å². The van der Waals surface area contributed by atoms with Crippen LogP contribution in [-0.4, -0.2) is 39.7 Å². The molecule has 2 atom stereocenters. The molecule has 1 saturated heterocycles. The fourth-order valence-corrected chi connectivity index (χ4v) is 4.10. The molecule has 0 spiro atoms. The summed E-state index contributed by atoms with van der Waals surface area (Å²) in [4.78, 5) is 14.4. The van der Waals surface area contributed by atoms with Gasteiger partial charge < -0.3 is 15.1 Å². The molecule has 0 radical (unpaired) electrons. The number of carbonyl (C=O) groups excluding carboxylic acids is 1. The predicted molar refractivity (Wildman–Crippen MR) is 88.3 cm³/mol. The van der Waals surface area contributed by atoms with Crippen molar-refractivity contribution in [3.8, 4) is 5.75 Å². The van der Waals surface area contributed by atoms with E-state index in [4.69, 9.17) is 0 Å². The number of phenols is 1. The third kappa shape index (κ3) is 2.90. The van der Waals surface area contributed by atoms with Crippen molar-refractivity contribution in [2.24, 2.45) is 5.92 Å². The van der Waals surface area contributed by atoms with Gasteiger partial charge in [-0.25, -0.2) is 0 Å². The van der Waals surface area contributed by atoms with Crippen LogP contribution in [-0.2, 0) is 0 Å². The maximum absolute atomic E-state index is 12.6. The van der Waals surface area contributed by atoms with Crippen molar-refractivity contribution in [2.75, 3.05) is 13.1 Å². The van der Waals surface area contributed by atoms with Gasteiger partial charge in [-0.1, -0.05) is 12.8 Å². The van der Waals surface area contributed by atoms with E-state index in [0.717, 1.165) is 29.3 Å². The van der Waals surface area contributed by atoms with Gasteiger partial charge in [-0.2, -0.15) is 0 Å². The molecule has 1 aliphatic heterocycles. The smallest absolute Gasteiger partial charge is 0.257 e. The summed E-state index contributed by atoms with van der Waals surface area (Å²) in [5.41, 5.74) is -0.217. The Balaban J connectivity index is 1.79. The molecule has 2 fully saturated rings. The largest absolute Gasteiger partial charge is 0.507 e. The molecule has 1 saturated carbocycles. The van der Waals surface area contributed by atoms with E-state index in [1.165, 1.54) is 0 Å². The zero-order valence-corrected chi connectivity index (χ0v) is 14.0. The molecule has 1 amide bonds. The lowest BCUT2D eigenvalue weighted by atomic mass is 9.71. The van der Waals surface area contributed by atoms with Gasteiger partial charge in [0.25, 0.3) is 5.91 Å². The monoisotopic (exact) mass is 401 g/mol. The van der Waals surface area contributed by atoms with E-state index in [0.29, 0.717) is 25.1 Å². The van der Waals surface area contributed by atoms with E-state index < -0.39 is 5.60 Å². The van der Waals surface area contributed by atoms with Crippen LogP contribution in [0.5, 0.6) is 5.75 Å². The molecule has 2 aliphatic rings. The number of benzene rings is 1. The Hall–Kier alpha value is -0.820. The molecular formula is C16H20INO3. The number of rotatable bonds is 1. The van der Waals surface area contributed by atoms with Gasteiger partial charge in [0, 0.05) is 22.6 Å². The highest BCUT2D eigenvalue weighted by atomic mass is 127. The number of hydrogen-bond donors (Lipinski definition) is 2. The van der Waals surface area contributed by atoms with Gasteiger partial charge in [-0.05, 0) is 60.1 Å². The molecule has 4 nitrogen and oxygen atoms in total. The standard InChI is InChI=1S/C16H20INO3/c17-12-4-5-14(19)13(9-12)15(20)18-8-7-16(21)6-2-1-3-11(16)10-18/h4-5,9,11,19,21H,1-3,6-8,10H2. The highest BCUT2D eigenvalue weighted by Crippen LogP contribution is 2.40. The fourth-order valence-electron chi connectivity index (χ4n) is 3.61. The summed E-state index contributed by atoms with van der Waals surface area (Å²) in [5, 5.41) is 20.6. The summed E-state index contributed by atoms with van der Waals surface area (Å²) in [7, 11) is 0. The van der Waals surface area contributed by atoms with E-state index in [2.05, 4.69) is 22.6 Å². The number of hydrogen-bond acceptors (Lipinski definition) is 3. The molecule has 3 rings (SSSR count). The van der Waals surface area contributed by atoms with Gasteiger partial charge in [0.15, 0.2) is 0 Å². The number of piperidine rings is 1. The maximum Gasteiger partial charge on any atom is 0.257 e. The third-order valence-corrected chi connectivity index (χ3v) is 5.57. The minimum atomic E-state index is -0.581. The first kappa shape index (κ1) is 15.1. The molecule has 1 aromatic rings. The Morgan fingerprint density at radius 1 is 1.33 bits per heavy atom. The number of aliphatic hydroxyl groups is 1. The first-order valence-electron chi connectivity index (χ1n) is 7.50. The normalized spacial score (nSPS) is 29.0. The molecule has 2 N–H and O–H groups in total. The Bertz CT molecular complexity index is 562. The van der Waals surface area contributed by atoms with Crippen molar-refractivity contribution in [1.29, 1.82) is 0 Å². The van der Waals surface area contributed by atoms with Crippen molar-refractivity contribution >= 4 is 28.5 Å². The number of amides is 1. The lowest BCUT2D eigenvalue weighted by Crippen LogP contribution is -2.54. The van der Waals surface area contributed by atoms with Gasteiger partial charge in [0.05, 0.1) is 11.2 Å². The Morgan fingerprint density at radius 2 is 2.14 bits per heavy atom. The van der Waals surface area contributed by atoms with Crippen LogP contribution in [0.4, 0.5) is 0 Å². The second-order valence-electron chi connectivity index (χ2n) is 6.21. The molecule has 2 unspecified atom stereocenters. The Labute approximate surface area is 138 Å². The third-order valence-electron chi connectivity index (χ3n) is 4.90. The molecule has 1 heterocycles. The second kappa shape index (κ2) is 5.76. The van der Waals surface area contributed by atoms with Crippen LogP contribution in [0.15, 0.2) is 18.2 Å². The van der Waals surface area contributed by atoms with E-state index in [-0.39, 0.29) is 17.6 Å². The van der Waals surface area contributed by atoms with Gasteiger partial charge in [-0.3, -0.25) is 4.79 Å². The summed E-state index contributed by atoms with van der Waals surface area (Å²) in [5.74, 6) is 0.0809. The zero-order valence-electron chi connectivity index (χ0n) is 11.9. The molecule has 1 aliphatic carbocycles. The lowest BCUT2D eigenvalue weighted by Gasteiger charge is -2.47. The van der Waals surface area contributed by atoms with E-state index in [1.54, 1.807) is 23.1 Å². The van der Waals surface area contributed by atoms with Crippen LogP contribution in [0.3, 0.4) is 0 Å². The highest BCUT2D eigenvalue weighted by Gasteiger charge is 2.43. The maximum atomic E-state index is 12.6. The van der Waals surface area contributed by atoms with Crippen LogP contribution < -0.4 is 0 Å². The number of likely N-dealkylation sites (tertiary alicyclic amines) is 1. The Kier molecular flexibility index (Phi) is 4.14. The van der Waals surface area contributed by atoms with Crippen molar-refractivity contribution in [3.63, 3.8) is 0 Å². The summed E-state index contributed by atoms with van der Waals surface area (Å²) in [6.07, 6.45) is 4.70. The van der Waals surface area contributed by atoms with Crippen LogP contribution in [0.2, 0.25) is 0 Å². The van der Waals surface area contributed by atoms with Gasteiger partial charge >= 0.3 is 0 Å². The SMILES string of the molecule is O=C(c1cc(I)ccc1O)N1CCC2(O)CCCCC2C1. The van der Waals surface area contributed by atoms with Crippen LogP contribution in [0.25, 0.3) is 0 Å². The summed E-state index contributed by atoms with van der Waals surface area (Å²) in [6.45, 7) is 1.16. The Morgan fingerprint density at radius 3 is 2.95 bits per heavy atom. The van der Waals surface area contributed by atoms with Crippen molar-refractivity contribution in [2.45, 2.75) is 37.7 Å². The number of halogens is 1. The molecule has 1 aromatic carbocycles. The molecule has 0 bridgehead atoms. The average Bonchev–Trinajstić information content (AvgIpc) is 2.48. The summed E-state index contributed by atoms with van der Waals surface area (Å²) >= 11 is 2.14. The van der Waals surface area contributed by atoms with Crippen molar-refractivity contribution in [1.82, 2.24) is 4.90 Å². The van der Waals surface area contributed by atoms with E-state index in [9.17, 15) is 15.0 Å². The van der Waals surface area contributed by atoms with Crippen LogP contribution >= 0.6 is 22.6 Å². The number of phenolic OH excluding ortho intramolecular Hbond substituents is 1.